The van der Waals surface area contributed by atoms with E-state index in [1.54, 1.807) is 19.1 Å². The molecule has 4 nitrogen and oxygen atoms in total. The van der Waals surface area contributed by atoms with E-state index in [2.05, 4.69) is 9.61 Å². The van der Waals surface area contributed by atoms with Crippen LogP contribution >= 0.6 is 30.9 Å². The molecule has 2 aromatic carbocycles. The molecule has 0 spiro atoms. The number of alkyl halides is 3. The van der Waals surface area contributed by atoms with E-state index in [1.165, 1.54) is 30.3 Å². The van der Waals surface area contributed by atoms with Crippen LogP contribution in [0.1, 0.15) is 5.56 Å². The smallest absolute Gasteiger partial charge is 0.409 e. The molecule has 0 saturated carbocycles. The quantitative estimate of drug-likeness (QED) is 0.550. The molecule has 0 fully saturated rings. The molecule has 0 bridgehead atoms. The topological polar surface area (TPSA) is 47.6 Å². The lowest BCUT2D eigenvalue weighted by atomic mass is 10.2. The highest BCUT2D eigenvalue weighted by atomic mass is 35.5. The molecular formula is C15H13Cl2F3NO3P. The van der Waals surface area contributed by atoms with E-state index in [9.17, 15) is 17.7 Å². The summed E-state index contributed by atoms with van der Waals surface area (Å²) in [6, 6.07) is 10.2. The molecule has 2 rings (SSSR count). The van der Waals surface area contributed by atoms with Gasteiger partial charge in [-0.2, -0.15) is 13.2 Å². The zero-order valence-electron chi connectivity index (χ0n) is 12.8. The summed E-state index contributed by atoms with van der Waals surface area (Å²) in [7, 11) is -4.39. The van der Waals surface area contributed by atoms with Crippen molar-refractivity contribution in [3.8, 4) is 5.75 Å². The molecule has 25 heavy (non-hydrogen) atoms. The molecule has 0 amide bonds. The third-order valence-corrected chi connectivity index (χ3v) is 4.82. The average Bonchev–Trinajstić information content (AvgIpc) is 2.51. The summed E-state index contributed by atoms with van der Waals surface area (Å²) in [5.41, 5.74) is 0.826. The lowest BCUT2D eigenvalue weighted by Gasteiger charge is -2.22. The molecule has 136 valence electrons. The van der Waals surface area contributed by atoms with Crippen molar-refractivity contribution in [2.24, 2.45) is 0 Å². The van der Waals surface area contributed by atoms with E-state index in [1.807, 2.05) is 0 Å². The second kappa shape index (κ2) is 7.87. The van der Waals surface area contributed by atoms with Gasteiger partial charge in [-0.15, -0.1) is 0 Å². The SMILES string of the molecule is Cc1ccc(Cl)cc1N[P@@](=O)(OCC(F)(F)F)Oc1ccc(Cl)cc1. The van der Waals surface area contributed by atoms with Gasteiger partial charge in [0.2, 0.25) is 0 Å². The number of nitrogens with one attached hydrogen (secondary N) is 1. The van der Waals surface area contributed by atoms with Gasteiger partial charge in [-0.1, -0.05) is 29.3 Å². The van der Waals surface area contributed by atoms with Gasteiger partial charge in [-0.3, -0.25) is 9.61 Å². The molecule has 0 aromatic heterocycles. The predicted octanol–water partition coefficient (Wildman–Crippen LogP) is 6.48. The Hall–Kier alpha value is -1.40. The maximum atomic E-state index is 12.8. The highest BCUT2D eigenvalue weighted by molar-refractivity contribution is 7.55. The Morgan fingerprint density at radius 2 is 1.68 bits per heavy atom. The fourth-order valence-electron chi connectivity index (χ4n) is 1.74. The zero-order chi connectivity index (χ0) is 18.7. The Labute approximate surface area is 152 Å². The number of rotatable bonds is 6. The van der Waals surface area contributed by atoms with Crippen LogP contribution in [-0.2, 0) is 9.09 Å². The van der Waals surface area contributed by atoms with Crippen molar-refractivity contribution in [2.45, 2.75) is 13.1 Å². The van der Waals surface area contributed by atoms with E-state index >= 15 is 0 Å². The van der Waals surface area contributed by atoms with Gasteiger partial charge in [0.1, 0.15) is 5.75 Å². The molecule has 0 radical (unpaired) electrons. The second-order valence-corrected chi connectivity index (χ2v) is 7.53. The summed E-state index contributed by atoms with van der Waals surface area (Å²) in [5, 5.41) is 3.09. The molecule has 1 N–H and O–H groups in total. The van der Waals surface area contributed by atoms with Gasteiger partial charge in [0.25, 0.3) is 0 Å². The minimum atomic E-state index is -4.68. The summed E-state index contributed by atoms with van der Waals surface area (Å²) in [5.74, 6) is 0.0297. The van der Waals surface area contributed by atoms with E-state index in [4.69, 9.17) is 27.7 Å². The molecule has 0 unspecified atom stereocenters. The molecule has 0 aliphatic heterocycles. The zero-order valence-corrected chi connectivity index (χ0v) is 15.2. The normalized spacial score (nSPS) is 14.0. The standard InChI is InChI=1S/C15H13Cl2F3NO3P/c1-10-2-3-12(17)8-14(10)21-25(22,23-9-15(18,19)20)24-13-6-4-11(16)5-7-13/h2-8H,9H2,1H3,(H,21,22)/t25-/m1/s1. The average molecular weight is 414 g/mol. The largest absolute Gasteiger partial charge is 0.486 e. The number of benzene rings is 2. The molecule has 2 aromatic rings. The second-order valence-electron chi connectivity index (χ2n) is 5.00. The van der Waals surface area contributed by atoms with E-state index in [0.717, 1.165) is 0 Å². The molecule has 10 heteroatoms. The third kappa shape index (κ3) is 6.44. The van der Waals surface area contributed by atoms with Gasteiger partial charge >= 0.3 is 13.9 Å². The van der Waals surface area contributed by atoms with Crippen molar-refractivity contribution in [1.29, 1.82) is 0 Å². The van der Waals surface area contributed by atoms with Crippen molar-refractivity contribution in [1.82, 2.24) is 0 Å². The lowest BCUT2D eigenvalue weighted by Crippen LogP contribution is -2.19. The number of hydrogen-bond acceptors (Lipinski definition) is 3. The maximum absolute atomic E-state index is 12.8. The summed E-state index contributed by atoms with van der Waals surface area (Å²) in [6.07, 6.45) is -4.68. The van der Waals surface area contributed by atoms with Gasteiger partial charge in [0.05, 0.1) is 0 Å². The number of aryl methyl sites for hydroxylation is 1. The van der Waals surface area contributed by atoms with Crippen molar-refractivity contribution < 1.29 is 26.8 Å². The highest BCUT2D eigenvalue weighted by Crippen LogP contribution is 2.50. The fraction of sp³-hybridized carbons (Fsp3) is 0.200. The highest BCUT2D eigenvalue weighted by Gasteiger charge is 2.36. The van der Waals surface area contributed by atoms with Crippen LogP contribution in [0.25, 0.3) is 0 Å². The van der Waals surface area contributed by atoms with E-state index in [-0.39, 0.29) is 11.4 Å². The minimum absolute atomic E-state index is 0.0297. The van der Waals surface area contributed by atoms with Crippen LogP contribution in [-0.4, -0.2) is 12.8 Å². The molecule has 0 heterocycles. The Balaban J connectivity index is 2.29. The summed E-state index contributed by atoms with van der Waals surface area (Å²) in [6.45, 7) is -0.0838. The Morgan fingerprint density at radius 1 is 1.08 bits per heavy atom. The Kier molecular flexibility index (Phi) is 6.27. The van der Waals surface area contributed by atoms with Gasteiger partial charge < -0.3 is 4.52 Å². The third-order valence-electron chi connectivity index (χ3n) is 2.89. The first-order chi connectivity index (χ1) is 11.6. The number of halogens is 5. The first-order valence-electron chi connectivity index (χ1n) is 6.87. The molecule has 0 aliphatic carbocycles. The van der Waals surface area contributed by atoms with Gasteiger partial charge in [0.15, 0.2) is 6.61 Å². The van der Waals surface area contributed by atoms with Gasteiger partial charge in [0, 0.05) is 15.7 Å². The maximum Gasteiger partial charge on any atom is 0.486 e. The van der Waals surface area contributed by atoms with Crippen LogP contribution in [0, 0.1) is 6.92 Å². The summed E-state index contributed by atoms with van der Waals surface area (Å²) >= 11 is 11.6. The van der Waals surface area contributed by atoms with Crippen molar-refractivity contribution >= 4 is 36.6 Å². The summed E-state index contributed by atoms with van der Waals surface area (Å²) in [4.78, 5) is 0. The van der Waals surface area contributed by atoms with E-state index in [0.29, 0.717) is 15.6 Å². The lowest BCUT2D eigenvalue weighted by molar-refractivity contribution is -0.154. The first-order valence-corrected chi connectivity index (χ1v) is 9.17. The van der Waals surface area contributed by atoms with Gasteiger partial charge in [-0.25, -0.2) is 4.57 Å². The van der Waals surface area contributed by atoms with Crippen LogP contribution in [0.3, 0.4) is 0 Å². The minimum Gasteiger partial charge on any atom is -0.409 e. The van der Waals surface area contributed by atoms with Crippen molar-refractivity contribution in [2.75, 3.05) is 11.7 Å². The van der Waals surface area contributed by atoms with Crippen molar-refractivity contribution in [3.63, 3.8) is 0 Å². The molecule has 0 saturated heterocycles. The van der Waals surface area contributed by atoms with Crippen LogP contribution in [0.4, 0.5) is 18.9 Å². The Bertz CT molecular complexity index is 785. The summed E-state index contributed by atoms with van der Waals surface area (Å²) < 4.78 is 60.0. The van der Waals surface area contributed by atoms with Gasteiger partial charge in [-0.05, 0) is 48.9 Å². The van der Waals surface area contributed by atoms with Crippen LogP contribution in [0.5, 0.6) is 5.75 Å². The molecular weight excluding hydrogens is 401 g/mol. The molecule has 0 aliphatic rings. The van der Waals surface area contributed by atoms with Crippen molar-refractivity contribution in [3.05, 3.63) is 58.1 Å². The number of hydrogen-bond donors (Lipinski definition) is 1. The molecule has 1 atom stereocenters. The van der Waals surface area contributed by atoms with Crippen LogP contribution in [0.15, 0.2) is 42.5 Å². The fourth-order valence-corrected chi connectivity index (χ4v) is 3.45. The van der Waals surface area contributed by atoms with Crippen LogP contribution in [0.2, 0.25) is 10.0 Å². The number of anilines is 1. The monoisotopic (exact) mass is 413 g/mol. The first kappa shape index (κ1) is 19.9. The van der Waals surface area contributed by atoms with E-state index < -0.39 is 20.5 Å². The Morgan fingerprint density at radius 3 is 2.28 bits per heavy atom. The van der Waals surface area contributed by atoms with Crippen LogP contribution < -0.4 is 9.61 Å². The predicted molar refractivity (Wildman–Crippen MR) is 91.5 cm³/mol.